The molecule has 2 atom stereocenters. The van der Waals surface area contributed by atoms with Crippen molar-refractivity contribution in [2.75, 3.05) is 0 Å². The van der Waals surface area contributed by atoms with Gasteiger partial charge in [0, 0.05) is 17.2 Å². The molecule has 1 aromatic rings. The first-order chi connectivity index (χ1) is 9.22. The summed E-state index contributed by atoms with van der Waals surface area (Å²) in [7, 11) is 0. The number of thiazole rings is 1. The van der Waals surface area contributed by atoms with Gasteiger partial charge in [-0.2, -0.15) is 0 Å². The van der Waals surface area contributed by atoms with E-state index in [4.69, 9.17) is 4.98 Å². The molecule has 2 nitrogen and oxygen atoms in total. The summed E-state index contributed by atoms with van der Waals surface area (Å²) >= 11 is 1.71. The number of rotatable bonds is 3. The summed E-state index contributed by atoms with van der Waals surface area (Å²) in [5.41, 5.74) is 0.707. The van der Waals surface area contributed by atoms with Crippen molar-refractivity contribution in [1.29, 1.82) is 0 Å². The minimum atomic E-state index is -0.542. The standard InChI is InChI=1S/C17H29NOS/c1-12(2)13-8-6-7-9-17(13,19)10-15-18-14(11-20-15)16(3,4)5/h11-13,19H,6-10H2,1-5H3. The zero-order valence-electron chi connectivity index (χ0n) is 13.6. The topological polar surface area (TPSA) is 33.1 Å². The fraction of sp³-hybridized carbons (Fsp3) is 0.824. The first kappa shape index (κ1) is 16.0. The smallest absolute Gasteiger partial charge is 0.0957 e. The fourth-order valence-corrected chi connectivity index (χ4v) is 4.56. The molecule has 0 radical (unpaired) electrons. The Bertz CT molecular complexity index is 446. The quantitative estimate of drug-likeness (QED) is 0.886. The lowest BCUT2D eigenvalue weighted by Crippen LogP contribution is -2.45. The average molecular weight is 295 g/mol. The van der Waals surface area contributed by atoms with Gasteiger partial charge in [-0.3, -0.25) is 0 Å². The maximum atomic E-state index is 11.1. The molecule has 3 heteroatoms. The summed E-state index contributed by atoms with van der Waals surface area (Å²) in [6.07, 6.45) is 5.23. The fourth-order valence-electron chi connectivity index (χ4n) is 3.42. The third kappa shape index (κ3) is 3.43. The van der Waals surface area contributed by atoms with Crippen LogP contribution in [0.4, 0.5) is 0 Å². The molecule has 1 fully saturated rings. The SMILES string of the molecule is CC(C)C1CCCCC1(O)Cc1nc(C(C)(C)C)cs1. The van der Waals surface area contributed by atoms with Crippen LogP contribution >= 0.6 is 11.3 Å². The molecule has 1 heterocycles. The van der Waals surface area contributed by atoms with Crippen molar-refractivity contribution >= 4 is 11.3 Å². The monoisotopic (exact) mass is 295 g/mol. The molecule has 1 N–H and O–H groups in total. The van der Waals surface area contributed by atoms with Crippen molar-refractivity contribution in [3.05, 3.63) is 16.1 Å². The summed E-state index contributed by atoms with van der Waals surface area (Å²) in [5, 5.41) is 14.4. The second-order valence-electron chi connectivity index (χ2n) is 7.75. The predicted octanol–water partition coefficient (Wildman–Crippen LogP) is 4.56. The van der Waals surface area contributed by atoms with Crippen molar-refractivity contribution in [2.24, 2.45) is 11.8 Å². The number of aromatic nitrogens is 1. The number of aliphatic hydroxyl groups is 1. The first-order valence-corrected chi connectivity index (χ1v) is 8.77. The van der Waals surface area contributed by atoms with Gasteiger partial charge < -0.3 is 5.11 Å². The Labute approximate surface area is 127 Å². The van der Waals surface area contributed by atoms with Crippen LogP contribution in [0.2, 0.25) is 0 Å². The van der Waals surface area contributed by atoms with Crippen LogP contribution in [0.15, 0.2) is 5.38 Å². The minimum absolute atomic E-state index is 0.0986. The lowest BCUT2D eigenvalue weighted by atomic mass is 9.69. The molecule has 1 aliphatic rings. The van der Waals surface area contributed by atoms with E-state index in [1.165, 1.54) is 6.42 Å². The highest BCUT2D eigenvalue weighted by molar-refractivity contribution is 7.09. The highest BCUT2D eigenvalue weighted by Gasteiger charge is 2.41. The summed E-state index contributed by atoms with van der Waals surface area (Å²) < 4.78 is 0. The molecule has 2 unspecified atom stereocenters. The normalized spacial score (nSPS) is 28.1. The van der Waals surface area contributed by atoms with E-state index in [0.29, 0.717) is 11.8 Å². The van der Waals surface area contributed by atoms with Gasteiger partial charge in [-0.15, -0.1) is 11.3 Å². The van der Waals surface area contributed by atoms with Crippen LogP contribution in [-0.4, -0.2) is 15.7 Å². The maximum absolute atomic E-state index is 11.1. The number of nitrogens with zero attached hydrogens (tertiary/aromatic N) is 1. The van der Waals surface area contributed by atoms with Crippen LogP contribution in [0.5, 0.6) is 0 Å². The molecule has 114 valence electrons. The Morgan fingerprint density at radius 3 is 2.65 bits per heavy atom. The Kier molecular flexibility index (Phi) is 4.60. The van der Waals surface area contributed by atoms with Crippen molar-refractivity contribution in [3.63, 3.8) is 0 Å². The Morgan fingerprint density at radius 1 is 1.40 bits per heavy atom. The van der Waals surface area contributed by atoms with Gasteiger partial charge in [0.1, 0.15) is 0 Å². The first-order valence-electron chi connectivity index (χ1n) is 7.89. The highest BCUT2D eigenvalue weighted by atomic mass is 32.1. The van der Waals surface area contributed by atoms with Crippen molar-refractivity contribution in [1.82, 2.24) is 4.98 Å². The van der Waals surface area contributed by atoms with Gasteiger partial charge >= 0.3 is 0 Å². The Hall–Kier alpha value is -0.410. The van der Waals surface area contributed by atoms with Crippen LogP contribution in [-0.2, 0) is 11.8 Å². The molecule has 0 bridgehead atoms. The maximum Gasteiger partial charge on any atom is 0.0957 e. The second kappa shape index (κ2) is 5.76. The van der Waals surface area contributed by atoms with Crippen molar-refractivity contribution < 1.29 is 5.11 Å². The van der Waals surface area contributed by atoms with E-state index in [9.17, 15) is 5.11 Å². The molecule has 2 rings (SSSR count). The van der Waals surface area contributed by atoms with Crippen LogP contribution in [0.25, 0.3) is 0 Å². The van der Waals surface area contributed by atoms with Crippen LogP contribution in [0.1, 0.15) is 71.0 Å². The third-order valence-corrected chi connectivity index (χ3v) is 5.50. The number of hydrogen-bond donors (Lipinski definition) is 1. The van der Waals surface area contributed by atoms with Crippen LogP contribution in [0, 0.1) is 11.8 Å². The summed E-state index contributed by atoms with van der Waals surface area (Å²) in [6, 6.07) is 0. The lowest BCUT2D eigenvalue weighted by molar-refractivity contribution is -0.0653. The lowest BCUT2D eigenvalue weighted by Gasteiger charge is -2.42. The summed E-state index contributed by atoms with van der Waals surface area (Å²) in [6.45, 7) is 11.1. The molecule has 0 aliphatic heterocycles. The molecular weight excluding hydrogens is 266 g/mol. The minimum Gasteiger partial charge on any atom is -0.389 e. The van der Waals surface area contributed by atoms with E-state index >= 15 is 0 Å². The average Bonchev–Trinajstić information content (AvgIpc) is 2.76. The molecule has 20 heavy (non-hydrogen) atoms. The van der Waals surface area contributed by atoms with Gasteiger partial charge in [-0.05, 0) is 24.7 Å². The molecule has 1 saturated carbocycles. The highest BCUT2D eigenvalue weighted by Crippen LogP contribution is 2.41. The summed E-state index contributed by atoms with van der Waals surface area (Å²) in [4.78, 5) is 4.77. The summed E-state index contributed by atoms with van der Waals surface area (Å²) in [5.74, 6) is 0.959. The van der Waals surface area contributed by atoms with Crippen molar-refractivity contribution in [2.45, 2.75) is 77.7 Å². The molecule has 0 aromatic carbocycles. The van der Waals surface area contributed by atoms with Crippen LogP contribution in [0.3, 0.4) is 0 Å². The molecule has 0 amide bonds. The molecule has 1 aliphatic carbocycles. The molecule has 0 saturated heterocycles. The van der Waals surface area contributed by atoms with E-state index in [1.807, 2.05) is 0 Å². The van der Waals surface area contributed by atoms with E-state index < -0.39 is 5.60 Å². The number of hydrogen-bond acceptors (Lipinski definition) is 3. The van der Waals surface area contributed by atoms with E-state index in [1.54, 1.807) is 11.3 Å². The molecular formula is C17H29NOS. The predicted molar refractivity (Wildman–Crippen MR) is 86.3 cm³/mol. The molecule has 1 aromatic heterocycles. The van der Waals surface area contributed by atoms with E-state index in [-0.39, 0.29) is 5.41 Å². The molecule has 0 spiro atoms. The largest absolute Gasteiger partial charge is 0.389 e. The van der Waals surface area contributed by atoms with Crippen molar-refractivity contribution in [3.8, 4) is 0 Å². The van der Waals surface area contributed by atoms with Gasteiger partial charge in [0.2, 0.25) is 0 Å². The van der Waals surface area contributed by atoms with E-state index in [2.05, 4.69) is 40.0 Å². The van der Waals surface area contributed by atoms with Gasteiger partial charge in [0.05, 0.1) is 16.3 Å². The van der Waals surface area contributed by atoms with Gasteiger partial charge in [0.15, 0.2) is 0 Å². The van der Waals surface area contributed by atoms with Gasteiger partial charge in [0.25, 0.3) is 0 Å². The zero-order valence-corrected chi connectivity index (χ0v) is 14.4. The van der Waals surface area contributed by atoms with E-state index in [0.717, 1.165) is 36.4 Å². The zero-order chi connectivity index (χ0) is 15.0. The third-order valence-electron chi connectivity index (χ3n) is 4.65. The van der Waals surface area contributed by atoms with Gasteiger partial charge in [-0.1, -0.05) is 47.5 Å². The Balaban J connectivity index is 2.16. The second-order valence-corrected chi connectivity index (χ2v) is 8.70. The van der Waals surface area contributed by atoms with Gasteiger partial charge in [-0.25, -0.2) is 4.98 Å². The van der Waals surface area contributed by atoms with Crippen LogP contribution < -0.4 is 0 Å². The Morgan fingerprint density at radius 2 is 2.10 bits per heavy atom.